The first kappa shape index (κ1) is 69.5. The monoisotopic (exact) mass is 1580 g/mol. The van der Waals surface area contributed by atoms with Crippen LogP contribution >= 0.6 is 34.0 Å². The molecule has 0 saturated heterocycles. The zero-order valence-electron chi connectivity index (χ0n) is 64.9. The average molecular weight is 1580 g/mol. The highest BCUT2D eigenvalue weighted by Crippen LogP contribution is 2.50. The van der Waals surface area contributed by atoms with Crippen molar-refractivity contribution in [2.24, 2.45) is 0 Å². The molecule has 0 aliphatic carbocycles. The summed E-state index contributed by atoms with van der Waals surface area (Å²) in [4.78, 5) is 4.86. The Bertz CT molecular complexity index is 8440. The number of fused-ring (bicyclic) bond motifs is 22. The maximum Gasteiger partial charge on any atom is 0.136 e. The molecule has 4 heterocycles. The third-order valence-electron chi connectivity index (χ3n) is 24.4. The fourth-order valence-electron chi connectivity index (χ4n) is 18.6. The van der Waals surface area contributed by atoms with E-state index in [4.69, 9.17) is 4.42 Å². The number of furan rings is 1. The minimum absolute atomic E-state index is 0.907. The lowest BCUT2D eigenvalue weighted by Gasteiger charge is -2.28. The van der Waals surface area contributed by atoms with E-state index < -0.39 is 0 Å². The Morgan fingerprint density at radius 3 is 1.27 bits per heavy atom. The third kappa shape index (κ3) is 12.0. The van der Waals surface area contributed by atoms with Crippen molar-refractivity contribution < 1.29 is 4.42 Å². The molecule has 0 saturated carbocycles. The second-order valence-electron chi connectivity index (χ2n) is 31.4. The Morgan fingerprint density at radius 2 is 0.583 bits per heavy atom. The van der Waals surface area contributed by atoms with E-state index in [2.05, 4.69) is 422 Å². The first-order valence-corrected chi connectivity index (χ1v) is 43.3. The first-order valence-electron chi connectivity index (χ1n) is 40.9. The predicted molar refractivity (Wildman–Crippen MR) is 520 cm³/mol. The molecular formula is C114H70N2OS3. The van der Waals surface area contributed by atoms with Crippen LogP contribution in [0.25, 0.3) is 203 Å². The van der Waals surface area contributed by atoms with Gasteiger partial charge in [0.2, 0.25) is 0 Å². The number of thiophene rings is 3. The molecular weight excluding hydrogens is 1510 g/mol. The first-order chi connectivity index (χ1) is 59.4. The molecule has 0 bridgehead atoms. The van der Waals surface area contributed by atoms with Crippen LogP contribution in [-0.2, 0) is 0 Å². The van der Waals surface area contributed by atoms with Gasteiger partial charge in [-0.3, -0.25) is 0 Å². The number of hydrogen-bond donors (Lipinski definition) is 0. The molecule has 3 nitrogen and oxygen atoms in total. The van der Waals surface area contributed by atoms with Crippen LogP contribution < -0.4 is 9.80 Å². The number of nitrogens with zero attached hydrogens (tertiary/aromatic N) is 2. The van der Waals surface area contributed by atoms with Gasteiger partial charge in [-0.2, -0.15) is 0 Å². The van der Waals surface area contributed by atoms with Crippen molar-refractivity contribution in [2.75, 3.05) is 9.80 Å². The van der Waals surface area contributed by atoms with Crippen LogP contribution in [0.1, 0.15) is 0 Å². The molecule has 21 aromatic carbocycles. The van der Waals surface area contributed by atoms with Gasteiger partial charge in [-0.25, -0.2) is 0 Å². The lowest BCUT2D eigenvalue weighted by Crippen LogP contribution is -2.10. The van der Waals surface area contributed by atoms with Crippen LogP contribution in [0.2, 0.25) is 0 Å². The minimum Gasteiger partial charge on any atom is -0.456 e. The largest absolute Gasteiger partial charge is 0.456 e. The highest BCUT2D eigenvalue weighted by molar-refractivity contribution is 7.27. The summed E-state index contributed by atoms with van der Waals surface area (Å²) in [6, 6.07) is 156. The van der Waals surface area contributed by atoms with Crippen LogP contribution in [0, 0.1) is 0 Å². The lowest BCUT2D eigenvalue weighted by atomic mass is 9.95. The summed E-state index contributed by atoms with van der Waals surface area (Å²) in [5, 5.41) is 25.4. The number of rotatable bonds is 11. The summed E-state index contributed by atoms with van der Waals surface area (Å²) >= 11 is 5.64. The van der Waals surface area contributed by atoms with E-state index in [1.165, 1.54) is 170 Å². The van der Waals surface area contributed by atoms with Gasteiger partial charge in [0.25, 0.3) is 0 Å². The Labute approximate surface area is 704 Å². The summed E-state index contributed by atoms with van der Waals surface area (Å²) in [6.07, 6.45) is 0. The standard InChI is InChI=1S/C58H37NOS.C56H33NS2/c1-2-10-38(11-3-1)42-13-8-14-43(34-42)39-20-26-47(27-21-39)59(49-30-32-53-57(37-49)61-56-33-25-41-12-4-5-17-50(41)58(53)56)48-28-22-40(23-29-48)44-15-9-16-45(35-44)46-24-31-52-51-18-6-7-19-54(51)60-55(52)36-46;1-2-11-36-30-41(23-19-34(36)9-1)57(51-33-49-47-14-7-8-16-52(47)59-56(49)48-15-6-5-13-46(48)51)42-24-26-44-40(31-42)18-17-39-29-37(20-25-43(39)44)38-22-27-53-50(32-38)55-45-12-4-3-10-35(45)21-28-54(55)58-53/h1-37H;1-33H. The van der Waals surface area contributed by atoms with Gasteiger partial charge in [0.05, 0.1) is 5.69 Å². The molecule has 25 aromatic rings. The number of hydrogen-bond acceptors (Lipinski definition) is 6. The molecule has 0 aliphatic heterocycles. The average Bonchev–Trinajstić information content (AvgIpc) is 1.42. The molecule has 0 unspecified atom stereocenters. The molecule has 120 heavy (non-hydrogen) atoms. The van der Waals surface area contributed by atoms with Crippen molar-refractivity contribution in [3.63, 3.8) is 0 Å². The van der Waals surface area contributed by atoms with Gasteiger partial charge in [-0.05, 0) is 243 Å². The van der Waals surface area contributed by atoms with Crippen LogP contribution in [0.5, 0.6) is 0 Å². The van der Waals surface area contributed by atoms with E-state index in [0.29, 0.717) is 0 Å². The summed E-state index contributed by atoms with van der Waals surface area (Å²) in [7, 11) is 0. The van der Waals surface area contributed by atoms with Crippen molar-refractivity contribution in [1.29, 1.82) is 0 Å². The van der Waals surface area contributed by atoms with Crippen LogP contribution in [0.15, 0.2) is 429 Å². The summed E-state index contributed by atoms with van der Waals surface area (Å²) < 4.78 is 14.2. The molecule has 0 N–H and O–H groups in total. The van der Waals surface area contributed by atoms with Crippen LogP contribution in [0.4, 0.5) is 34.1 Å². The molecule has 0 aliphatic rings. The zero-order valence-corrected chi connectivity index (χ0v) is 67.4. The minimum atomic E-state index is 0.907. The fraction of sp³-hybridized carbons (Fsp3) is 0. The van der Waals surface area contributed by atoms with E-state index in [0.717, 1.165) is 67.1 Å². The topological polar surface area (TPSA) is 19.6 Å². The second kappa shape index (κ2) is 28.6. The number of benzene rings is 21. The van der Waals surface area contributed by atoms with E-state index in [-0.39, 0.29) is 0 Å². The van der Waals surface area contributed by atoms with Gasteiger partial charge in [0.15, 0.2) is 0 Å². The van der Waals surface area contributed by atoms with Gasteiger partial charge in [-0.1, -0.05) is 291 Å². The maximum absolute atomic E-state index is 6.24. The Balaban J connectivity index is 0.000000136. The quantitative estimate of drug-likeness (QED) is 0.120. The van der Waals surface area contributed by atoms with Gasteiger partial charge in [0.1, 0.15) is 11.2 Å². The molecule has 4 aromatic heterocycles. The zero-order chi connectivity index (χ0) is 78.9. The van der Waals surface area contributed by atoms with Gasteiger partial charge < -0.3 is 14.2 Å². The maximum atomic E-state index is 6.24. The Kier molecular flexibility index (Phi) is 16.5. The SMILES string of the molecule is c1ccc(-c2cccc(-c3ccc(N(c4ccc(-c5cccc(-c6ccc7c(c6)oc6ccccc67)c5)cc4)c4ccc5c(c4)sc4ccc6ccccc6c45)cc3)c2)cc1.c1ccc2cc(N(c3ccc4c(ccc5cc(-c6ccc7sc8ccc9ccccc9c8c7c6)ccc54)c3)c3cc4c5ccccc5sc4c4ccccc34)ccc2c1. The molecule has 0 atom stereocenters. The highest BCUT2D eigenvalue weighted by atomic mass is 32.1. The predicted octanol–water partition coefficient (Wildman–Crippen LogP) is 34.6. The molecule has 0 radical (unpaired) electrons. The molecule has 25 rings (SSSR count). The van der Waals surface area contributed by atoms with Crippen molar-refractivity contribution in [1.82, 2.24) is 0 Å². The van der Waals surface area contributed by atoms with Gasteiger partial charge in [0, 0.05) is 110 Å². The second-order valence-corrected chi connectivity index (χ2v) is 34.6. The van der Waals surface area contributed by atoms with E-state index >= 15 is 0 Å². The molecule has 6 heteroatoms. The number of para-hydroxylation sites is 1. The lowest BCUT2D eigenvalue weighted by molar-refractivity contribution is 0.669. The van der Waals surface area contributed by atoms with Crippen molar-refractivity contribution in [3.8, 4) is 55.6 Å². The summed E-state index contributed by atoms with van der Waals surface area (Å²) in [5.41, 5.74) is 20.5. The smallest absolute Gasteiger partial charge is 0.136 e. The summed E-state index contributed by atoms with van der Waals surface area (Å²) in [5.74, 6) is 0. The van der Waals surface area contributed by atoms with Crippen molar-refractivity contribution in [3.05, 3.63) is 425 Å². The van der Waals surface area contributed by atoms with E-state index in [1.54, 1.807) is 0 Å². The fourth-order valence-corrected chi connectivity index (χ4v) is 22.1. The molecule has 560 valence electrons. The van der Waals surface area contributed by atoms with E-state index in [9.17, 15) is 0 Å². The Hall–Kier alpha value is -14.8. The van der Waals surface area contributed by atoms with Crippen molar-refractivity contribution in [2.45, 2.75) is 0 Å². The Morgan fingerprint density at radius 1 is 0.167 bits per heavy atom. The molecule has 0 amide bonds. The van der Waals surface area contributed by atoms with Gasteiger partial charge in [-0.15, -0.1) is 34.0 Å². The van der Waals surface area contributed by atoms with Gasteiger partial charge >= 0.3 is 0 Å². The van der Waals surface area contributed by atoms with Crippen molar-refractivity contribution >= 4 is 215 Å². The highest BCUT2D eigenvalue weighted by Gasteiger charge is 2.23. The van der Waals surface area contributed by atoms with E-state index in [1.807, 2.05) is 46.1 Å². The number of anilines is 6. The molecule has 0 spiro atoms. The summed E-state index contributed by atoms with van der Waals surface area (Å²) in [6.45, 7) is 0. The molecule has 0 fully saturated rings. The normalized spacial score (nSPS) is 11.8. The third-order valence-corrected chi connectivity index (χ3v) is 27.9. The van der Waals surface area contributed by atoms with Crippen LogP contribution in [-0.4, -0.2) is 0 Å². The van der Waals surface area contributed by atoms with Crippen LogP contribution in [0.3, 0.4) is 0 Å².